The Kier molecular flexibility index (Phi) is 4.85. The van der Waals surface area contributed by atoms with Gasteiger partial charge in [0.1, 0.15) is 6.10 Å². The van der Waals surface area contributed by atoms with E-state index in [1.165, 1.54) is 12.8 Å². The average molecular weight is 266 g/mol. The first-order valence-electron chi connectivity index (χ1n) is 6.82. The van der Waals surface area contributed by atoms with Crippen molar-refractivity contribution in [1.29, 1.82) is 0 Å². The number of ether oxygens (including phenoxy) is 3. The lowest BCUT2D eigenvalue weighted by atomic mass is 10.4. The van der Waals surface area contributed by atoms with Crippen LogP contribution in [-0.2, 0) is 4.74 Å². The Bertz CT molecular complexity index is 408. The van der Waals surface area contributed by atoms with Crippen molar-refractivity contribution >= 4 is 5.69 Å². The second-order valence-electron chi connectivity index (χ2n) is 4.89. The van der Waals surface area contributed by atoms with Gasteiger partial charge in [0, 0.05) is 12.7 Å². The highest BCUT2D eigenvalue weighted by molar-refractivity contribution is 5.49. The molecule has 1 aliphatic carbocycles. The summed E-state index contributed by atoms with van der Waals surface area (Å²) in [6, 6.07) is 3.51. The van der Waals surface area contributed by atoms with Crippen molar-refractivity contribution in [3.63, 3.8) is 0 Å². The summed E-state index contributed by atoms with van der Waals surface area (Å²) in [5.74, 6) is 1.66. The molecular weight excluding hydrogens is 244 g/mol. The molecule has 2 N–H and O–H groups in total. The fourth-order valence-electron chi connectivity index (χ4n) is 1.62. The molecule has 2 rings (SSSR count). The molecule has 0 amide bonds. The second kappa shape index (κ2) is 6.61. The van der Waals surface area contributed by atoms with Crippen molar-refractivity contribution in [3.05, 3.63) is 12.1 Å². The molecule has 0 bridgehead atoms. The van der Waals surface area contributed by atoms with Gasteiger partial charge in [-0.2, -0.15) is 4.98 Å². The summed E-state index contributed by atoms with van der Waals surface area (Å²) in [7, 11) is 0. The maximum absolute atomic E-state index is 5.84. The second-order valence-corrected chi connectivity index (χ2v) is 4.89. The standard InChI is InChI=1S/C14H22N2O3/c1-3-17-8-10(2)19-13-7-6-12(15)14(16-13)18-9-11-4-5-11/h6-7,10-11H,3-5,8-9,15H2,1-2H3. The SMILES string of the molecule is CCOCC(C)Oc1ccc(N)c(OCC2CC2)n1. The van der Waals surface area contributed by atoms with Crippen molar-refractivity contribution in [2.24, 2.45) is 5.92 Å². The molecule has 1 heterocycles. The maximum Gasteiger partial charge on any atom is 0.240 e. The fourth-order valence-corrected chi connectivity index (χ4v) is 1.62. The summed E-state index contributed by atoms with van der Waals surface area (Å²) in [6.07, 6.45) is 2.43. The summed E-state index contributed by atoms with van der Waals surface area (Å²) in [6.45, 7) is 5.81. The number of aromatic nitrogens is 1. The molecule has 106 valence electrons. The number of anilines is 1. The van der Waals surface area contributed by atoms with Gasteiger partial charge in [-0.05, 0) is 38.7 Å². The van der Waals surface area contributed by atoms with E-state index < -0.39 is 0 Å². The Labute approximate surface area is 114 Å². The van der Waals surface area contributed by atoms with E-state index in [2.05, 4.69) is 4.98 Å². The molecule has 0 aromatic carbocycles. The Balaban J connectivity index is 1.90. The zero-order chi connectivity index (χ0) is 13.7. The molecule has 1 aromatic rings. The molecule has 0 aliphatic heterocycles. The minimum absolute atomic E-state index is 0.0487. The third-order valence-corrected chi connectivity index (χ3v) is 2.90. The van der Waals surface area contributed by atoms with Crippen LogP contribution in [-0.4, -0.2) is 30.9 Å². The minimum Gasteiger partial charge on any atom is -0.476 e. The van der Waals surface area contributed by atoms with E-state index in [9.17, 15) is 0 Å². The first kappa shape index (κ1) is 13.9. The molecule has 1 fully saturated rings. The largest absolute Gasteiger partial charge is 0.476 e. The van der Waals surface area contributed by atoms with Gasteiger partial charge in [0.05, 0.1) is 18.9 Å². The first-order valence-corrected chi connectivity index (χ1v) is 6.82. The molecule has 1 atom stereocenters. The van der Waals surface area contributed by atoms with E-state index in [1.54, 1.807) is 12.1 Å². The molecule has 0 saturated heterocycles. The van der Waals surface area contributed by atoms with Gasteiger partial charge in [-0.25, -0.2) is 0 Å². The summed E-state index contributed by atoms with van der Waals surface area (Å²) in [5.41, 5.74) is 6.39. The lowest BCUT2D eigenvalue weighted by Gasteiger charge is -2.15. The highest BCUT2D eigenvalue weighted by atomic mass is 16.5. The quantitative estimate of drug-likeness (QED) is 0.781. The van der Waals surface area contributed by atoms with Gasteiger partial charge < -0.3 is 19.9 Å². The van der Waals surface area contributed by atoms with Gasteiger partial charge in [-0.3, -0.25) is 0 Å². The van der Waals surface area contributed by atoms with E-state index in [0.29, 0.717) is 43.2 Å². The topological polar surface area (TPSA) is 66.6 Å². The first-order chi connectivity index (χ1) is 9.19. The predicted octanol–water partition coefficient (Wildman–Crippen LogP) is 2.26. The number of nitrogen functional groups attached to an aromatic ring is 1. The van der Waals surface area contributed by atoms with Crippen molar-refractivity contribution in [1.82, 2.24) is 4.98 Å². The predicted molar refractivity (Wildman–Crippen MR) is 73.5 cm³/mol. The Morgan fingerprint density at radius 1 is 1.42 bits per heavy atom. The molecule has 1 unspecified atom stereocenters. The number of nitrogens with two attached hydrogens (primary N) is 1. The maximum atomic E-state index is 5.84. The third-order valence-electron chi connectivity index (χ3n) is 2.90. The van der Waals surface area contributed by atoms with Crippen molar-refractivity contribution in [2.75, 3.05) is 25.6 Å². The molecule has 5 heteroatoms. The molecule has 0 spiro atoms. The van der Waals surface area contributed by atoms with Gasteiger partial charge in [0.25, 0.3) is 0 Å². The van der Waals surface area contributed by atoms with Gasteiger partial charge in [-0.1, -0.05) is 0 Å². The van der Waals surface area contributed by atoms with E-state index >= 15 is 0 Å². The number of rotatable bonds is 8. The minimum atomic E-state index is -0.0487. The van der Waals surface area contributed by atoms with Crippen LogP contribution in [0.2, 0.25) is 0 Å². The summed E-state index contributed by atoms with van der Waals surface area (Å²) in [5, 5.41) is 0. The van der Waals surface area contributed by atoms with Crippen LogP contribution in [0.4, 0.5) is 5.69 Å². The van der Waals surface area contributed by atoms with Crippen LogP contribution in [0.25, 0.3) is 0 Å². The molecule has 1 saturated carbocycles. The molecule has 1 aliphatic rings. The Morgan fingerprint density at radius 2 is 2.21 bits per heavy atom. The van der Waals surface area contributed by atoms with E-state index in [1.807, 2.05) is 13.8 Å². The van der Waals surface area contributed by atoms with Crippen LogP contribution in [0.1, 0.15) is 26.7 Å². The number of hydrogen-bond acceptors (Lipinski definition) is 5. The molecule has 0 radical (unpaired) electrons. The molecule has 19 heavy (non-hydrogen) atoms. The van der Waals surface area contributed by atoms with Gasteiger partial charge >= 0.3 is 0 Å². The van der Waals surface area contributed by atoms with E-state index in [-0.39, 0.29) is 6.10 Å². The van der Waals surface area contributed by atoms with Crippen LogP contribution in [0.5, 0.6) is 11.8 Å². The van der Waals surface area contributed by atoms with Crippen LogP contribution in [0, 0.1) is 5.92 Å². The van der Waals surface area contributed by atoms with Crippen LogP contribution < -0.4 is 15.2 Å². The third kappa shape index (κ3) is 4.59. The lowest BCUT2D eigenvalue weighted by molar-refractivity contribution is 0.0629. The molecule has 1 aromatic heterocycles. The summed E-state index contributed by atoms with van der Waals surface area (Å²) >= 11 is 0. The monoisotopic (exact) mass is 266 g/mol. The van der Waals surface area contributed by atoms with Crippen molar-refractivity contribution in [3.8, 4) is 11.8 Å². The number of hydrogen-bond donors (Lipinski definition) is 1. The van der Waals surface area contributed by atoms with Crippen molar-refractivity contribution in [2.45, 2.75) is 32.8 Å². The smallest absolute Gasteiger partial charge is 0.240 e. The lowest BCUT2D eigenvalue weighted by Crippen LogP contribution is -2.19. The van der Waals surface area contributed by atoms with Gasteiger partial charge in [0.2, 0.25) is 11.8 Å². The van der Waals surface area contributed by atoms with E-state index in [4.69, 9.17) is 19.9 Å². The zero-order valence-electron chi connectivity index (χ0n) is 11.6. The fraction of sp³-hybridized carbons (Fsp3) is 0.643. The summed E-state index contributed by atoms with van der Waals surface area (Å²) < 4.78 is 16.6. The molecular formula is C14H22N2O3. The normalized spacial score (nSPS) is 16.1. The summed E-state index contributed by atoms with van der Waals surface area (Å²) in [4.78, 5) is 4.30. The van der Waals surface area contributed by atoms with Crippen molar-refractivity contribution < 1.29 is 14.2 Å². The Morgan fingerprint density at radius 3 is 2.89 bits per heavy atom. The Hall–Kier alpha value is -1.49. The van der Waals surface area contributed by atoms with Gasteiger partial charge in [-0.15, -0.1) is 0 Å². The number of pyridine rings is 1. The highest BCUT2D eigenvalue weighted by Crippen LogP contribution is 2.31. The van der Waals surface area contributed by atoms with Gasteiger partial charge in [0.15, 0.2) is 0 Å². The highest BCUT2D eigenvalue weighted by Gasteiger charge is 2.22. The van der Waals surface area contributed by atoms with Crippen LogP contribution >= 0.6 is 0 Å². The van der Waals surface area contributed by atoms with E-state index in [0.717, 1.165) is 0 Å². The van der Waals surface area contributed by atoms with Crippen LogP contribution in [0.15, 0.2) is 12.1 Å². The molecule has 5 nitrogen and oxygen atoms in total. The zero-order valence-corrected chi connectivity index (χ0v) is 11.6. The number of nitrogens with zero attached hydrogens (tertiary/aromatic N) is 1. The van der Waals surface area contributed by atoms with Crippen LogP contribution in [0.3, 0.4) is 0 Å². The average Bonchev–Trinajstić information content (AvgIpc) is 3.21.